The summed E-state index contributed by atoms with van der Waals surface area (Å²) in [6.45, 7) is 6.56. The van der Waals surface area contributed by atoms with Crippen molar-refractivity contribution in [2.75, 3.05) is 0 Å². The molecule has 0 N–H and O–H groups in total. The van der Waals surface area contributed by atoms with E-state index < -0.39 is 0 Å². The fourth-order valence-electron chi connectivity index (χ4n) is 0.933. The van der Waals surface area contributed by atoms with Crippen LogP contribution in [0.3, 0.4) is 0 Å². The van der Waals surface area contributed by atoms with Crippen LogP contribution in [0.15, 0.2) is 30.3 Å². The van der Waals surface area contributed by atoms with Gasteiger partial charge in [0.05, 0.1) is 0 Å². The molecule has 0 aliphatic carbocycles. The molecule has 0 nitrogen and oxygen atoms in total. The normalized spacial score (nSPS) is 8.85. The van der Waals surface area contributed by atoms with Crippen molar-refractivity contribution in [3.63, 3.8) is 0 Å². The minimum absolute atomic E-state index is 1.21. The Bertz CT molecular complexity index is 174. The highest BCUT2D eigenvalue weighted by atomic mass is 13.9. The van der Waals surface area contributed by atoms with E-state index in [1.54, 1.807) is 0 Å². The monoisotopic (exact) mass is 178 g/mol. The van der Waals surface area contributed by atoms with Crippen LogP contribution in [0.4, 0.5) is 0 Å². The van der Waals surface area contributed by atoms with E-state index in [2.05, 4.69) is 51.1 Å². The molecule has 0 saturated heterocycles. The summed E-state index contributed by atoms with van der Waals surface area (Å²) in [7, 11) is 0. The van der Waals surface area contributed by atoms with E-state index in [0.29, 0.717) is 0 Å². The zero-order valence-corrected chi connectivity index (χ0v) is 9.22. The number of unbranched alkanes of at least 4 members (excludes halogenated alkanes) is 1. The van der Waals surface area contributed by atoms with E-state index in [1.165, 1.54) is 31.2 Å². The predicted molar refractivity (Wildman–Crippen MR) is 61.0 cm³/mol. The standard InChI is InChI=1S/C9H12.C4H10/c1-2-6-9-7-4-3-5-8-9;1-3-4-2/h3-5,7-8H,2,6H2,1H3;3-4H2,1-2H3. The highest BCUT2D eigenvalue weighted by molar-refractivity contribution is 5.14. The lowest BCUT2D eigenvalue weighted by Gasteiger charge is -1.93. The molecule has 0 aromatic heterocycles. The second-order valence-electron chi connectivity index (χ2n) is 3.24. The Kier molecular flexibility index (Phi) is 8.75. The first-order valence-electron chi connectivity index (χ1n) is 5.39. The maximum atomic E-state index is 2.20. The predicted octanol–water partition coefficient (Wildman–Crippen LogP) is 4.45. The minimum Gasteiger partial charge on any atom is -0.0654 e. The molecule has 0 heterocycles. The van der Waals surface area contributed by atoms with Crippen LogP contribution < -0.4 is 0 Å². The quantitative estimate of drug-likeness (QED) is 0.641. The largest absolute Gasteiger partial charge is 0.0654 e. The molecule has 0 amide bonds. The van der Waals surface area contributed by atoms with Crippen molar-refractivity contribution in [2.45, 2.75) is 46.5 Å². The summed E-state index contributed by atoms with van der Waals surface area (Å²) in [5.74, 6) is 0. The molecule has 1 aromatic carbocycles. The van der Waals surface area contributed by atoms with Crippen molar-refractivity contribution in [1.29, 1.82) is 0 Å². The maximum Gasteiger partial charge on any atom is -0.0281 e. The first kappa shape index (κ1) is 12.2. The number of rotatable bonds is 3. The molecule has 0 radical (unpaired) electrons. The lowest BCUT2D eigenvalue weighted by Crippen LogP contribution is -1.78. The molecule has 0 aliphatic rings. The summed E-state index contributed by atoms with van der Waals surface area (Å²) in [5.41, 5.74) is 1.44. The first-order valence-corrected chi connectivity index (χ1v) is 5.39. The number of hydrogen-bond acceptors (Lipinski definition) is 0. The Morgan fingerprint density at radius 1 is 0.769 bits per heavy atom. The molecule has 1 aromatic rings. The fraction of sp³-hybridized carbons (Fsp3) is 0.538. The Morgan fingerprint density at radius 3 is 1.69 bits per heavy atom. The second kappa shape index (κ2) is 9.31. The average molecular weight is 178 g/mol. The number of aryl methyl sites for hydroxylation is 1. The van der Waals surface area contributed by atoms with E-state index in [1.807, 2.05) is 0 Å². The molecular weight excluding hydrogens is 156 g/mol. The van der Waals surface area contributed by atoms with Crippen molar-refractivity contribution in [3.05, 3.63) is 35.9 Å². The third kappa shape index (κ3) is 7.58. The van der Waals surface area contributed by atoms with E-state index in [0.717, 1.165) is 0 Å². The molecule has 74 valence electrons. The van der Waals surface area contributed by atoms with E-state index in [9.17, 15) is 0 Å². The minimum atomic E-state index is 1.21. The number of hydrogen-bond donors (Lipinski definition) is 0. The van der Waals surface area contributed by atoms with Gasteiger partial charge in [-0.2, -0.15) is 0 Å². The molecule has 0 heteroatoms. The summed E-state index contributed by atoms with van der Waals surface area (Å²) in [4.78, 5) is 0. The third-order valence-electron chi connectivity index (χ3n) is 1.88. The molecule has 0 atom stereocenters. The van der Waals surface area contributed by atoms with E-state index in [4.69, 9.17) is 0 Å². The highest BCUT2D eigenvalue weighted by Crippen LogP contribution is 2.00. The molecule has 0 spiro atoms. The lowest BCUT2D eigenvalue weighted by molar-refractivity contribution is 0.886. The topological polar surface area (TPSA) is 0 Å². The summed E-state index contributed by atoms with van der Waals surface area (Å²) >= 11 is 0. The number of benzene rings is 1. The molecule has 0 fully saturated rings. The van der Waals surface area contributed by atoms with Crippen molar-refractivity contribution in [3.8, 4) is 0 Å². The third-order valence-corrected chi connectivity index (χ3v) is 1.88. The molecule has 13 heavy (non-hydrogen) atoms. The van der Waals surface area contributed by atoms with Crippen LogP contribution >= 0.6 is 0 Å². The van der Waals surface area contributed by atoms with Gasteiger partial charge in [-0.1, -0.05) is 70.4 Å². The lowest BCUT2D eigenvalue weighted by atomic mass is 10.1. The van der Waals surface area contributed by atoms with Crippen LogP contribution in [-0.2, 0) is 6.42 Å². The van der Waals surface area contributed by atoms with Gasteiger partial charge in [0, 0.05) is 0 Å². The van der Waals surface area contributed by atoms with Gasteiger partial charge in [0.25, 0.3) is 0 Å². The van der Waals surface area contributed by atoms with Crippen molar-refractivity contribution >= 4 is 0 Å². The van der Waals surface area contributed by atoms with Gasteiger partial charge in [-0.05, 0) is 12.0 Å². The summed E-state index contributed by atoms with van der Waals surface area (Å²) in [5, 5.41) is 0. The summed E-state index contributed by atoms with van der Waals surface area (Å²) in [6, 6.07) is 10.6. The summed E-state index contributed by atoms with van der Waals surface area (Å²) in [6.07, 6.45) is 5.09. The molecule has 1 rings (SSSR count). The van der Waals surface area contributed by atoms with Gasteiger partial charge in [0.1, 0.15) is 0 Å². The van der Waals surface area contributed by atoms with Crippen molar-refractivity contribution in [2.24, 2.45) is 0 Å². The van der Waals surface area contributed by atoms with Gasteiger partial charge in [0.2, 0.25) is 0 Å². The van der Waals surface area contributed by atoms with Gasteiger partial charge in [-0.3, -0.25) is 0 Å². The first-order chi connectivity index (χ1) is 6.35. The molecule has 0 unspecified atom stereocenters. The Morgan fingerprint density at radius 2 is 1.31 bits per heavy atom. The van der Waals surface area contributed by atoms with Crippen LogP contribution in [0, 0.1) is 0 Å². The van der Waals surface area contributed by atoms with Crippen molar-refractivity contribution < 1.29 is 0 Å². The van der Waals surface area contributed by atoms with Crippen LogP contribution in [0.25, 0.3) is 0 Å². The Balaban J connectivity index is 0.000000310. The van der Waals surface area contributed by atoms with Gasteiger partial charge in [-0.15, -0.1) is 0 Å². The van der Waals surface area contributed by atoms with Crippen molar-refractivity contribution in [1.82, 2.24) is 0 Å². The Hall–Kier alpha value is -0.780. The zero-order chi connectivity index (χ0) is 9.94. The molecule has 0 saturated carbocycles. The van der Waals surface area contributed by atoms with Crippen LogP contribution in [0.2, 0.25) is 0 Å². The second-order valence-corrected chi connectivity index (χ2v) is 3.24. The van der Waals surface area contributed by atoms with Crippen LogP contribution in [0.5, 0.6) is 0 Å². The fourth-order valence-corrected chi connectivity index (χ4v) is 0.933. The van der Waals surface area contributed by atoms with Crippen LogP contribution in [-0.4, -0.2) is 0 Å². The maximum absolute atomic E-state index is 2.20. The van der Waals surface area contributed by atoms with E-state index in [-0.39, 0.29) is 0 Å². The molecule has 0 aliphatic heterocycles. The smallest absolute Gasteiger partial charge is 0.0281 e. The van der Waals surface area contributed by atoms with Gasteiger partial charge in [0.15, 0.2) is 0 Å². The van der Waals surface area contributed by atoms with Gasteiger partial charge >= 0.3 is 0 Å². The molecule has 0 bridgehead atoms. The van der Waals surface area contributed by atoms with E-state index >= 15 is 0 Å². The van der Waals surface area contributed by atoms with Gasteiger partial charge in [-0.25, -0.2) is 0 Å². The summed E-state index contributed by atoms with van der Waals surface area (Å²) < 4.78 is 0. The van der Waals surface area contributed by atoms with Crippen LogP contribution in [0.1, 0.15) is 45.6 Å². The molecular formula is C13H22. The SMILES string of the molecule is CCCC.CCCc1ccccc1. The zero-order valence-electron chi connectivity index (χ0n) is 9.22. The average Bonchev–Trinajstić information content (AvgIpc) is 2.20. The highest BCUT2D eigenvalue weighted by Gasteiger charge is 1.84. The Labute approximate surface area is 83.0 Å². The van der Waals surface area contributed by atoms with Gasteiger partial charge < -0.3 is 0 Å².